The normalized spacial score (nSPS) is 12.5. The number of halogens is 1. The molecule has 0 heterocycles. The van der Waals surface area contributed by atoms with Gasteiger partial charge in [0.2, 0.25) is 0 Å². The second-order valence-electron chi connectivity index (χ2n) is 4.09. The second-order valence-corrected chi connectivity index (χ2v) is 4.50. The van der Waals surface area contributed by atoms with Crippen LogP contribution in [0.5, 0.6) is 0 Å². The lowest BCUT2D eigenvalue weighted by Gasteiger charge is -2.25. The minimum absolute atomic E-state index is 0.0538. The molecule has 0 aromatic heterocycles. The predicted molar refractivity (Wildman–Crippen MR) is 73.3 cm³/mol. The van der Waals surface area contributed by atoms with Crippen molar-refractivity contribution < 1.29 is 14.9 Å². The zero-order valence-electron chi connectivity index (χ0n) is 10.8. The first-order valence-electron chi connectivity index (χ1n) is 5.92. The number of aliphatic hydroxyl groups is 2. The lowest BCUT2D eigenvalue weighted by molar-refractivity contribution is 0.199. The number of nitrogens with zero attached hydrogens (tertiary/aromatic N) is 1. The summed E-state index contributed by atoms with van der Waals surface area (Å²) in [4.78, 5) is 1.96. The van der Waals surface area contributed by atoms with Crippen LogP contribution in [0.4, 0.5) is 5.69 Å². The van der Waals surface area contributed by atoms with Gasteiger partial charge in [-0.25, -0.2) is 0 Å². The molecule has 0 saturated carbocycles. The number of anilines is 1. The Morgan fingerprint density at radius 3 is 2.61 bits per heavy atom. The van der Waals surface area contributed by atoms with Gasteiger partial charge in [-0.05, 0) is 24.6 Å². The molecule has 0 radical (unpaired) electrons. The lowest BCUT2D eigenvalue weighted by Crippen LogP contribution is -2.30. The van der Waals surface area contributed by atoms with E-state index in [0.717, 1.165) is 11.3 Å². The van der Waals surface area contributed by atoms with E-state index in [2.05, 4.69) is 0 Å². The van der Waals surface area contributed by atoms with E-state index in [-0.39, 0.29) is 6.61 Å². The zero-order valence-corrected chi connectivity index (χ0v) is 11.5. The number of aliphatic hydroxyl groups excluding tert-OH is 2. The fourth-order valence-corrected chi connectivity index (χ4v) is 2.02. The molecule has 2 N–H and O–H groups in total. The van der Waals surface area contributed by atoms with Crippen LogP contribution in [0, 0.1) is 0 Å². The summed E-state index contributed by atoms with van der Waals surface area (Å²) in [5, 5.41) is 19.1. The van der Waals surface area contributed by atoms with Crippen LogP contribution in [0.15, 0.2) is 18.2 Å². The monoisotopic (exact) mass is 273 g/mol. The highest BCUT2D eigenvalue weighted by Gasteiger charge is 2.11. The van der Waals surface area contributed by atoms with Gasteiger partial charge < -0.3 is 19.8 Å². The summed E-state index contributed by atoms with van der Waals surface area (Å²) in [6.07, 6.45) is -0.540. The van der Waals surface area contributed by atoms with E-state index in [1.165, 1.54) is 0 Å². The van der Waals surface area contributed by atoms with Crippen molar-refractivity contribution >= 4 is 17.3 Å². The van der Waals surface area contributed by atoms with Crippen LogP contribution in [0.3, 0.4) is 0 Å². The van der Waals surface area contributed by atoms with E-state index in [4.69, 9.17) is 21.4 Å². The third-order valence-electron chi connectivity index (χ3n) is 2.73. The Labute approximate surface area is 113 Å². The Balaban J connectivity index is 2.90. The Hall–Kier alpha value is -0.810. The van der Waals surface area contributed by atoms with Gasteiger partial charge in [0.05, 0.1) is 30.0 Å². The number of rotatable bonds is 7. The summed E-state index contributed by atoms with van der Waals surface area (Å²) in [5.41, 5.74) is 1.62. The summed E-state index contributed by atoms with van der Waals surface area (Å²) in [5.74, 6) is 0. The summed E-state index contributed by atoms with van der Waals surface area (Å²) in [6, 6.07) is 5.44. The third kappa shape index (κ3) is 4.14. The highest BCUT2D eigenvalue weighted by atomic mass is 35.5. The standard InChI is InChI=1S/C13H20ClNO3/c1-10(17)11-3-4-13(12(14)9-11)15(5-7-16)6-8-18-2/h3-4,9-10,16-17H,5-8H2,1-2H3/t10-/m1/s1. The average molecular weight is 274 g/mol. The van der Waals surface area contributed by atoms with Crippen molar-refractivity contribution in [2.24, 2.45) is 0 Å². The van der Waals surface area contributed by atoms with Crippen molar-refractivity contribution in [3.05, 3.63) is 28.8 Å². The molecule has 5 heteroatoms. The average Bonchev–Trinajstić information content (AvgIpc) is 2.34. The highest BCUT2D eigenvalue weighted by Crippen LogP contribution is 2.28. The molecule has 1 atom stereocenters. The quantitative estimate of drug-likeness (QED) is 0.796. The van der Waals surface area contributed by atoms with Crippen LogP contribution in [0.1, 0.15) is 18.6 Å². The Morgan fingerprint density at radius 1 is 1.39 bits per heavy atom. The van der Waals surface area contributed by atoms with E-state index in [1.54, 1.807) is 20.1 Å². The van der Waals surface area contributed by atoms with Crippen LogP contribution >= 0.6 is 11.6 Å². The largest absolute Gasteiger partial charge is 0.395 e. The van der Waals surface area contributed by atoms with Gasteiger partial charge in [-0.2, -0.15) is 0 Å². The zero-order chi connectivity index (χ0) is 13.5. The van der Waals surface area contributed by atoms with E-state index >= 15 is 0 Å². The molecule has 0 saturated heterocycles. The number of benzene rings is 1. The molecule has 0 bridgehead atoms. The topological polar surface area (TPSA) is 52.9 Å². The van der Waals surface area contributed by atoms with Gasteiger partial charge in [0, 0.05) is 20.2 Å². The molecule has 4 nitrogen and oxygen atoms in total. The maximum Gasteiger partial charge on any atom is 0.0762 e. The van der Waals surface area contributed by atoms with Crippen molar-refractivity contribution in [1.29, 1.82) is 0 Å². The van der Waals surface area contributed by atoms with Gasteiger partial charge in [-0.3, -0.25) is 0 Å². The number of hydrogen-bond donors (Lipinski definition) is 2. The summed E-state index contributed by atoms with van der Waals surface area (Å²) >= 11 is 6.21. The first-order valence-corrected chi connectivity index (χ1v) is 6.30. The van der Waals surface area contributed by atoms with Gasteiger partial charge in [-0.1, -0.05) is 17.7 Å². The second kappa shape index (κ2) is 7.59. The van der Waals surface area contributed by atoms with Crippen LogP contribution in [0.25, 0.3) is 0 Å². The number of ether oxygens (including phenoxy) is 1. The molecule has 0 spiro atoms. The molecular weight excluding hydrogens is 254 g/mol. The molecule has 0 unspecified atom stereocenters. The van der Waals surface area contributed by atoms with E-state index in [0.29, 0.717) is 24.7 Å². The maximum atomic E-state index is 9.49. The first kappa shape index (κ1) is 15.2. The molecule has 0 aliphatic carbocycles. The minimum Gasteiger partial charge on any atom is -0.395 e. The summed E-state index contributed by atoms with van der Waals surface area (Å²) in [6.45, 7) is 3.47. The highest BCUT2D eigenvalue weighted by molar-refractivity contribution is 6.33. The van der Waals surface area contributed by atoms with Crippen molar-refractivity contribution in [1.82, 2.24) is 0 Å². The number of methoxy groups -OCH3 is 1. The fourth-order valence-electron chi connectivity index (χ4n) is 1.71. The SMILES string of the molecule is COCCN(CCO)c1ccc([C@@H](C)O)cc1Cl. The molecule has 0 fully saturated rings. The first-order chi connectivity index (χ1) is 8.60. The van der Waals surface area contributed by atoms with Crippen molar-refractivity contribution in [2.75, 3.05) is 38.3 Å². The Bertz CT molecular complexity index is 371. The van der Waals surface area contributed by atoms with E-state index in [1.807, 2.05) is 17.0 Å². The Kier molecular flexibility index (Phi) is 6.43. The van der Waals surface area contributed by atoms with Gasteiger partial charge in [0.25, 0.3) is 0 Å². The van der Waals surface area contributed by atoms with Crippen molar-refractivity contribution in [3.63, 3.8) is 0 Å². The van der Waals surface area contributed by atoms with Gasteiger partial charge >= 0.3 is 0 Å². The van der Waals surface area contributed by atoms with Crippen molar-refractivity contribution in [2.45, 2.75) is 13.0 Å². The van der Waals surface area contributed by atoms with Crippen molar-refractivity contribution in [3.8, 4) is 0 Å². The van der Waals surface area contributed by atoms with E-state index < -0.39 is 6.10 Å². The van der Waals surface area contributed by atoms with Crippen LogP contribution < -0.4 is 4.90 Å². The molecular formula is C13H20ClNO3. The maximum absolute atomic E-state index is 9.49. The Morgan fingerprint density at radius 2 is 2.11 bits per heavy atom. The predicted octanol–water partition coefficient (Wildman–Crippen LogP) is 1.84. The molecule has 1 aromatic carbocycles. The molecule has 1 rings (SSSR count). The minimum atomic E-state index is -0.540. The molecule has 0 aliphatic rings. The van der Waals surface area contributed by atoms with Gasteiger partial charge in [-0.15, -0.1) is 0 Å². The number of hydrogen-bond acceptors (Lipinski definition) is 4. The smallest absolute Gasteiger partial charge is 0.0762 e. The molecule has 102 valence electrons. The molecule has 1 aromatic rings. The fraction of sp³-hybridized carbons (Fsp3) is 0.538. The molecule has 18 heavy (non-hydrogen) atoms. The van der Waals surface area contributed by atoms with Crippen LogP contribution in [-0.4, -0.2) is 43.6 Å². The summed E-state index contributed by atoms with van der Waals surface area (Å²) in [7, 11) is 1.63. The van der Waals surface area contributed by atoms with Crippen LogP contribution in [0.2, 0.25) is 5.02 Å². The molecule has 0 amide bonds. The van der Waals surface area contributed by atoms with E-state index in [9.17, 15) is 5.11 Å². The molecule has 0 aliphatic heterocycles. The lowest BCUT2D eigenvalue weighted by atomic mass is 10.1. The van der Waals surface area contributed by atoms with Gasteiger partial charge in [0.15, 0.2) is 0 Å². The third-order valence-corrected chi connectivity index (χ3v) is 3.03. The van der Waals surface area contributed by atoms with Gasteiger partial charge in [0.1, 0.15) is 0 Å². The van der Waals surface area contributed by atoms with Crippen LogP contribution in [-0.2, 0) is 4.74 Å². The summed E-state index contributed by atoms with van der Waals surface area (Å²) < 4.78 is 5.04.